The van der Waals surface area contributed by atoms with Crippen LogP contribution in [-0.4, -0.2) is 70.6 Å². The van der Waals surface area contributed by atoms with E-state index in [0.717, 1.165) is 28.7 Å². The second-order valence-electron chi connectivity index (χ2n) is 8.32. The number of hydrogen-bond acceptors (Lipinski definition) is 8. The van der Waals surface area contributed by atoms with Gasteiger partial charge in [0, 0.05) is 44.0 Å². The van der Waals surface area contributed by atoms with E-state index in [4.69, 9.17) is 18.9 Å². The number of imidazole rings is 1. The average molecular weight is 514 g/mol. The van der Waals surface area contributed by atoms with E-state index in [2.05, 4.69) is 10.3 Å². The van der Waals surface area contributed by atoms with Crippen LogP contribution in [0.4, 0.5) is 10.5 Å². The summed E-state index contributed by atoms with van der Waals surface area (Å²) in [4.78, 5) is 17.3. The number of nitrogens with zero attached hydrogens (tertiary/aromatic N) is 2. The molecular formula is C26H31N3O6S. The van der Waals surface area contributed by atoms with Crippen molar-refractivity contribution in [3.8, 4) is 22.7 Å². The molecule has 1 saturated heterocycles. The van der Waals surface area contributed by atoms with Crippen LogP contribution < -0.4 is 5.32 Å². The largest absolute Gasteiger partial charge is 0.508 e. The van der Waals surface area contributed by atoms with E-state index in [-0.39, 0.29) is 29.3 Å². The van der Waals surface area contributed by atoms with Gasteiger partial charge >= 0.3 is 0 Å². The van der Waals surface area contributed by atoms with E-state index in [1.54, 1.807) is 32.7 Å². The number of rotatable bonds is 8. The molecule has 0 radical (unpaired) electrons. The van der Waals surface area contributed by atoms with E-state index >= 15 is 0 Å². The normalized spacial score (nSPS) is 23.9. The Morgan fingerprint density at radius 2 is 1.78 bits per heavy atom. The summed E-state index contributed by atoms with van der Waals surface area (Å²) in [5.74, 6) is 0.213. The van der Waals surface area contributed by atoms with Gasteiger partial charge in [-0.2, -0.15) is 0 Å². The van der Waals surface area contributed by atoms with Gasteiger partial charge in [-0.15, -0.1) is 0 Å². The molecule has 0 spiro atoms. The maximum atomic E-state index is 12.8. The Labute approximate surface area is 214 Å². The van der Waals surface area contributed by atoms with Gasteiger partial charge in [0.05, 0.1) is 18.1 Å². The van der Waals surface area contributed by atoms with Gasteiger partial charge in [0.2, 0.25) is 0 Å². The van der Waals surface area contributed by atoms with Gasteiger partial charge < -0.3 is 33.9 Å². The number of phenolic OH excluding ortho intramolecular Hbond substituents is 1. The number of ether oxygens (including phenoxy) is 4. The van der Waals surface area contributed by atoms with Crippen molar-refractivity contribution in [3.05, 3.63) is 61.1 Å². The van der Waals surface area contributed by atoms with Crippen molar-refractivity contribution in [2.45, 2.75) is 43.7 Å². The zero-order valence-electron chi connectivity index (χ0n) is 20.7. The first kappa shape index (κ1) is 26.2. The summed E-state index contributed by atoms with van der Waals surface area (Å²) in [5.41, 5.74) is 2.70. The maximum absolute atomic E-state index is 12.8. The van der Waals surface area contributed by atoms with Crippen molar-refractivity contribution in [2.24, 2.45) is 0 Å². The molecule has 1 aromatic heterocycles. The summed E-state index contributed by atoms with van der Waals surface area (Å²) in [7, 11) is 3.20. The highest BCUT2D eigenvalue weighted by Gasteiger charge is 2.46. The van der Waals surface area contributed by atoms with Crippen LogP contribution in [0, 0.1) is 0 Å². The fraction of sp³-hybridized carbons (Fsp3) is 0.385. The third kappa shape index (κ3) is 5.91. The Kier molecular flexibility index (Phi) is 8.65. The number of anilines is 1. The minimum atomic E-state index is -0.545. The van der Waals surface area contributed by atoms with Crippen LogP contribution in [0.3, 0.4) is 0 Å². The molecule has 1 amide bonds. The number of hydrogen-bond donors (Lipinski definition) is 2. The van der Waals surface area contributed by atoms with E-state index < -0.39 is 11.5 Å². The maximum Gasteiger partial charge on any atom is 0.286 e. The van der Waals surface area contributed by atoms with E-state index in [1.165, 1.54) is 0 Å². The topological polar surface area (TPSA) is 104 Å². The van der Waals surface area contributed by atoms with Crippen LogP contribution in [0.2, 0.25) is 0 Å². The Morgan fingerprint density at radius 3 is 2.42 bits per heavy atom. The molecule has 9 nitrogen and oxygen atoms in total. The molecule has 0 aliphatic carbocycles. The number of amides is 1. The minimum Gasteiger partial charge on any atom is -0.508 e. The van der Waals surface area contributed by atoms with Gasteiger partial charge in [-0.05, 0) is 62.0 Å². The Hall–Kier alpha value is -2.89. The molecule has 0 bridgehead atoms. The highest BCUT2D eigenvalue weighted by atomic mass is 32.2. The van der Waals surface area contributed by atoms with Crippen molar-refractivity contribution in [3.63, 3.8) is 0 Å². The number of benzene rings is 2. The number of nitrogens with one attached hydrogen (secondary N) is 1. The molecule has 0 saturated carbocycles. The number of aromatic hydroxyl groups is 1. The molecule has 5 atom stereocenters. The lowest BCUT2D eigenvalue weighted by molar-refractivity contribution is -0.221. The fourth-order valence-corrected chi connectivity index (χ4v) is 5.26. The van der Waals surface area contributed by atoms with Crippen LogP contribution in [0.25, 0.3) is 16.9 Å². The predicted octanol–water partition coefficient (Wildman–Crippen LogP) is 4.69. The first-order valence-corrected chi connectivity index (χ1v) is 12.6. The highest BCUT2D eigenvalue weighted by Crippen LogP contribution is 2.34. The van der Waals surface area contributed by atoms with Crippen molar-refractivity contribution < 1.29 is 28.8 Å². The minimum absolute atomic E-state index is 0.213. The fourth-order valence-electron chi connectivity index (χ4n) is 4.24. The van der Waals surface area contributed by atoms with Gasteiger partial charge in [0.15, 0.2) is 0 Å². The number of thioether (sulfide) groups is 1. The molecule has 2 heterocycles. The Balaban J connectivity index is 1.39. The van der Waals surface area contributed by atoms with E-state index in [0.29, 0.717) is 12.3 Å². The summed E-state index contributed by atoms with van der Waals surface area (Å²) < 4.78 is 25.0. The van der Waals surface area contributed by atoms with Gasteiger partial charge in [0.1, 0.15) is 29.5 Å². The van der Waals surface area contributed by atoms with Crippen molar-refractivity contribution in [1.82, 2.24) is 9.55 Å². The SMILES string of the molecule is CCO[C@@H]1[C@@H](OC)[C@H](C)O[C@@H](SC(=O)Nc2ccc(-c3cn(-c4ccc(O)cc4)cn3)cc2)[C@@H]1OC. The number of carbonyl (C=O) groups excluding carboxylic acids is 1. The second kappa shape index (κ2) is 11.9. The standard InChI is InChI=1S/C26H31N3O6S/c1-5-34-23-22(32-3)16(2)35-25(24(23)33-4)36-26(31)28-18-8-6-17(7-9-18)21-14-29(15-27-21)19-10-12-20(30)13-11-19/h6-16,22-25,30H,5H2,1-4H3,(H,28,31)/t16-,22-,23+,24+,25-/m0/s1. The molecule has 0 unspecified atom stereocenters. The van der Waals surface area contributed by atoms with Crippen molar-refractivity contribution >= 4 is 22.7 Å². The number of carbonyl (C=O) groups is 1. The molecule has 192 valence electrons. The molecule has 3 aromatic rings. The highest BCUT2D eigenvalue weighted by molar-refractivity contribution is 8.14. The molecule has 4 rings (SSSR count). The second-order valence-corrected chi connectivity index (χ2v) is 9.39. The molecule has 1 aliphatic heterocycles. The van der Waals surface area contributed by atoms with E-state index in [1.807, 2.05) is 61.0 Å². The molecule has 10 heteroatoms. The van der Waals surface area contributed by atoms with Crippen LogP contribution >= 0.6 is 11.8 Å². The lowest BCUT2D eigenvalue weighted by atomic mass is 10.0. The molecule has 1 fully saturated rings. The molecular weight excluding hydrogens is 482 g/mol. The third-order valence-electron chi connectivity index (χ3n) is 6.01. The summed E-state index contributed by atoms with van der Waals surface area (Å²) in [6.45, 7) is 4.31. The number of methoxy groups -OCH3 is 2. The van der Waals surface area contributed by atoms with Gasteiger partial charge in [-0.3, -0.25) is 4.79 Å². The zero-order valence-corrected chi connectivity index (χ0v) is 21.5. The third-order valence-corrected chi connectivity index (χ3v) is 6.94. The summed E-state index contributed by atoms with van der Waals surface area (Å²) in [5, 5.41) is 12.1. The molecule has 1 aliphatic rings. The average Bonchev–Trinajstić information content (AvgIpc) is 3.36. The van der Waals surface area contributed by atoms with Crippen LogP contribution in [-0.2, 0) is 18.9 Å². The quantitative estimate of drug-likeness (QED) is 0.447. The van der Waals surface area contributed by atoms with Crippen molar-refractivity contribution in [1.29, 1.82) is 0 Å². The Bertz CT molecular complexity index is 1140. The van der Waals surface area contributed by atoms with Gasteiger partial charge in [-0.1, -0.05) is 12.1 Å². The zero-order chi connectivity index (χ0) is 25.7. The molecule has 36 heavy (non-hydrogen) atoms. The smallest absolute Gasteiger partial charge is 0.286 e. The lowest BCUT2D eigenvalue weighted by Crippen LogP contribution is -2.58. The van der Waals surface area contributed by atoms with Crippen molar-refractivity contribution in [2.75, 3.05) is 26.1 Å². The summed E-state index contributed by atoms with van der Waals surface area (Å²) in [6, 6.07) is 14.3. The van der Waals surface area contributed by atoms with Crippen LogP contribution in [0.15, 0.2) is 61.1 Å². The first-order chi connectivity index (χ1) is 17.4. The van der Waals surface area contributed by atoms with E-state index in [9.17, 15) is 9.90 Å². The summed E-state index contributed by atoms with van der Waals surface area (Å²) >= 11 is 1.03. The number of phenols is 1. The van der Waals surface area contributed by atoms with Gasteiger partial charge in [0.25, 0.3) is 5.24 Å². The summed E-state index contributed by atoms with van der Waals surface area (Å²) in [6.07, 6.45) is 2.26. The Morgan fingerprint density at radius 1 is 1.08 bits per heavy atom. The first-order valence-electron chi connectivity index (χ1n) is 11.7. The lowest BCUT2D eigenvalue weighted by Gasteiger charge is -2.43. The monoisotopic (exact) mass is 513 g/mol. The van der Waals surface area contributed by atoms with Crippen LogP contribution in [0.5, 0.6) is 5.75 Å². The van der Waals surface area contributed by atoms with Crippen LogP contribution in [0.1, 0.15) is 13.8 Å². The predicted molar refractivity (Wildman–Crippen MR) is 139 cm³/mol. The molecule has 2 N–H and O–H groups in total. The van der Waals surface area contributed by atoms with Gasteiger partial charge in [-0.25, -0.2) is 4.98 Å². The molecule has 2 aromatic carbocycles. The number of aromatic nitrogens is 2.